The average molecular weight is 330 g/mol. The van der Waals surface area contributed by atoms with Crippen LogP contribution in [-0.4, -0.2) is 47.0 Å². The molecule has 1 aliphatic heterocycles. The first-order valence-corrected chi connectivity index (χ1v) is 9.48. The van der Waals surface area contributed by atoms with E-state index in [1.54, 1.807) is 0 Å². The molecule has 1 atom stereocenters. The predicted octanol–water partition coefficient (Wildman–Crippen LogP) is 2.80. The highest BCUT2D eigenvalue weighted by molar-refractivity contribution is 5.82. The van der Waals surface area contributed by atoms with E-state index in [-0.39, 0.29) is 11.9 Å². The highest BCUT2D eigenvalue weighted by atomic mass is 16.2. The molecule has 2 heterocycles. The second-order valence-electron chi connectivity index (χ2n) is 7.06. The molecule has 1 saturated heterocycles. The number of likely N-dealkylation sites (N-methyl/N-ethyl adjacent to an activating group) is 1. The Labute approximate surface area is 145 Å². The van der Waals surface area contributed by atoms with Gasteiger partial charge in [0.15, 0.2) is 0 Å². The first-order chi connectivity index (χ1) is 11.8. The van der Waals surface area contributed by atoms with E-state index in [0.29, 0.717) is 12.1 Å². The molecule has 0 bridgehead atoms. The molecule has 2 N–H and O–H groups in total. The van der Waals surface area contributed by atoms with Crippen molar-refractivity contribution in [3.05, 3.63) is 24.4 Å². The highest BCUT2D eigenvalue weighted by Crippen LogP contribution is 2.23. The molecule has 1 unspecified atom stereocenters. The summed E-state index contributed by atoms with van der Waals surface area (Å²) in [5.74, 6) is 1.20. The minimum Gasteiger partial charge on any atom is -0.367 e. The lowest BCUT2D eigenvalue weighted by atomic mass is 9.90. The monoisotopic (exact) mass is 330 g/mol. The zero-order valence-corrected chi connectivity index (χ0v) is 14.7. The molecule has 1 aromatic heterocycles. The summed E-state index contributed by atoms with van der Waals surface area (Å²) < 4.78 is 0. The summed E-state index contributed by atoms with van der Waals surface area (Å²) in [5, 5.41) is 6.82. The lowest BCUT2D eigenvalue weighted by Gasteiger charge is -2.36. The van der Waals surface area contributed by atoms with Gasteiger partial charge in [0.1, 0.15) is 5.82 Å². The number of rotatable bonds is 5. The molecule has 132 valence electrons. The van der Waals surface area contributed by atoms with E-state index in [2.05, 4.69) is 27.4 Å². The Bertz CT molecular complexity index is 513. The number of likely N-dealkylation sites (tertiary alicyclic amines) is 1. The molecular weight excluding hydrogens is 300 g/mol. The van der Waals surface area contributed by atoms with Crippen LogP contribution in [0.25, 0.3) is 0 Å². The maximum Gasteiger partial charge on any atom is 0.237 e. The van der Waals surface area contributed by atoms with E-state index in [9.17, 15) is 4.79 Å². The van der Waals surface area contributed by atoms with Crippen LogP contribution in [0, 0.1) is 0 Å². The lowest BCUT2D eigenvalue weighted by molar-refractivity contribution is -0.128. The van der Waals surface area contributed by atoms with E-state index >= 15 is 0 Å². The SMILES string of the molecule is CCN1CCCCC1C(=O)NC1CCC(Nc2ccccn2)CC1. The summed E-state index contributed by atoms with van der Waals surface area (Å²) >= 11 is 0. The Morgan fingerprint density at radius 2 is 1.96 bits per heavy atom. The molecule has 24 heavy (non-hydrogen) atoms. The van der Waals surface area contributed by atoms with Crippen molar-refractivity contribution in [2.45, 2.75) is 70.0 Å². The Hall–Kier alpha value is -1.62. The van der Waals surface area contributed by atoms with Gasteiger partial charge in [-0.25, -0.2) is 4.98 Å². The first-order valence-electron chi connectivity index (χ1n) is 9.48. The first kappa shape index (κ1) is 17.2. The van der Waals surface area contributed by atoms with Crippen LogP contribution < -0.4 is 10.6 Å². The summed E-state index contributed by atoms with van der Waals surface area (Å²) in [6.45, 7) is 4.19. The van der Waals surface area contributed by atoms with E-state index in [1.165, 1.54) is 12.8 Å². The molecule has 5 heteroatoms. The van der Waals surface area contributed by atoms with Crippen LogP contribution >= 0.6 is 0 Å². The molecule has 0 aromatic carbocycles. The zero-order valence-electron chi connectivity index (χ0n) is 14.7. The number of carbonyl (C=O) groups excluding carboxylic acids is 1. The highest BCUT2D eigenvalue weighted by Gasteiger charge is 2.30. The smallest absolute Gasteiger partial charge is 0.237 e. The number of aromatic nitrogens is 1. The molecule has 1 saturated carbocycles. The Balaban J connectivity index is 1.44. The Morgan fingerprint density at radius 3 is 2.67 bits per heavy atom. The summed E-state index contributed by atoms with van der Waals surface area (Å²) in [6.07, 6.45) is 9.50. The largest absolute Gasteiger partial charge is 0.367 e. The third-order valence-corrected chi connectivity index (χ3v) is 5.41. The number of carbonyl (C=O) groups is 1. The normalized spacial score (nSPS) is 28.3. The van der Waals surface area contributed by atoms with Crippen molar-refractivity contribution >= 4 is 11.7 Å². The summed E-state index contributed by atoms with van der Waals surface area (Å²) in [5.41, 5.74) is 0. The molecule has 0 spiro atoms. The van der Waals surface area contributed by atoms with E-state index in [1.807, 2.05) is 24.4 Å². The van der Waals surface area contributed by atoms with Crippen LogP contribution in [0.15, 0.2) is 24.4 Å². The van der Waals surface area contributed by atoms with Crippen LogP contribution in [0.5, 0.6) is 0 Å². The van der Waals surface area contributed by atoms with Gasteiger partial charge in [0.25, 0.3) is 0 Å². The fourth-order valence-corrected chi connectivity index (χ4v) is 4.00. The number of hydrogen-bond donors (Lipinski definition) is 2. The third kappa shape index (κ3) is 4.47. The van der Waals surface area contributed by atoms with Gasteiger partial charge in [-0.2, -0.15) is 0 Å². The van der Waals surface area contributed by atoms with Gasteiger partial charge in [-0.1, -0.05) is 19.4 Å². The number of nitrogens with zero attached hydrogens (tertiary/aromatic N) is 2. The van der Waals surface area contributed by atoms with Gasteiger partial charge in [0, 0.05) is 18.3 Å². The van der Waals surface area contributed by atoms with Crippen LogP contribution in [0.1, 0.15) is 51.9 Å². The van der Waals surface area contributed by atoms with Gasteiger partial charge >= 0.3 is 0 Å². The molecule has 2 aliphatic rings. The maximum atomic E-state index is 12.6. The van der Waals surface area contributed by atoms with Crippen molar-refractivity contribution in [2.24, 2.45) is 0 Å². The number of amides is 1. The standard InChI is InChI=1S/C19H30N4O/c1-2-23-14-6-4-7-17(23)19(24)22-16-11-9-15(10-12-16)21-18-8-3-5-13-20-18/h3,5,8,13,15-17H,2,4,6-7,9-12,14H2,1H3,(H,20,21)(H,22,24). The minimum absolute atomic E-state index is 0.0908. The van der Waals surface area contributed by atoms with Crippen molar-refractivity contribution in [1.82, 2.24) is 15.2 Å². The van der Waals surface area contributed by atoms with Crippen LogP contribution in [0.4, 0.5) is 5.82 Å². The van der Waals surface area contributed by atoms with Gasteiger partial charge in [-0.15, -0.1) is 0 Å². The second kappa shape index (κ2) is 8.47. The Kier molecular flexibility index (Phi) is 6.07. The van der Waals surface area contributed by atoms with Gasteiger partial charge in [0.05, 0.1) is 6.04 Å². The van der Waals surface area contributed by atoms with Crippen molar-refractivity contribution in [3.8, 4) is 0 Å². The Morgan fingerprint density at radius 1 is 1.17 bits per heavy atom. The summed E-state index contributed by atoms with van der Waals surface area (Å²) in [7, 11) is 0. The van der Waals surface area contributed by atoms with Crippen molar-refractivity contribution in [3.63, 3.8) is 0 Å². The quantitative estimate of drug-likeness (QED) is 0.872. The van der Waals surface area contributed by atoms with Crippen LogP contribution in [0.2, 0.25) is 0 Å². The fraction of sp³-hybridized carbons (Fsp3) is 0.684. The molecule has 1 amide bonds. The number of nitrogens with one attached hydrogen (secondary N) is 2. The van der Waals surface area contributed by atoms with Crippen LogP contribution in [0.3, 0.4) is 0 Å². The molecule has 5 nitrogen and oxygen atoms in total. The number of pyridine rings is 1. The lowest BCUT2D eigenvalue weighted by Crippen LogP contribution is -2.52. The van der Waals surface area contributed by atoms with Crippen molar-refractivity contribution in [1.29, 1.82) is 0 Å². The van der Waals surface area contributed by atoms with E-state index in [4.69, 9.17) is 0 Å². The molecule has 2 fully saturated rings. The minimum atomic E-state index is 0.0908. The predicted molar refractivity (Wildman–Crippen MR) is 96.9 cm³/mol. The average Bonchev–Trinajstić information content (AvgIpc) is 2.64. The zero-order chi connectivity index (χ0) is 16.8. The topological polar surface area (TPSA) is 57.3 Å². The van der Waals surface area contributed by atoms with E-state index < -0.39 is 0 Å². The van der Waals surface area contributed by atoms with Crippen molar-refractivity contribution in [2.75, 3.05) is 18.4 Å². The number of anilines is 1. The molecular formula is C19H30N4O. The van der Waals surface area contributed by atoms with Gasteiger partial charge in [0.2, 0.25) is 5.91 Å². The molecule has 3 rings (SSSR count). The molecule has 0 radical (unpaired) electrons. The van der Waals surface area contributed by atoms with Crippen LogP contribution in [-0.2, 0) is 4.79 Å². The molecule has 1 aliphatic carbocycles. The summed E-state index contributed by atoms with van der Waals surface area (Å²) in [6, 6.07) is 6.84. The number of hydrogen-bond acceptors (Lipinski definition) is 4. The van der Waals surface area contributed by atoms with E-state index in [0.717, 1.165) is 51.0 Å². The fourth-order valence-electron chi connectivity index (χ4n) is 4.00. The third-order valence-electron chi connectivity index (χ3n) is 5.41. The molecule has 1 aromatic rings. The maximum absolute atomic E-state index is 12.6. The van der Waals surface area contributed by atoms with Gasteiger partial charge < -0.3 is 10.6 Å². The van der Waals surface area contributed by atoms with Gasteiger partial charge in [-0.05, 0) is 63.7 Å². The summed E-state index contributed by atoms with van der Waals surface area (Å²) in [4.78, 5) is 19.3. The van der Waals surface area contributed by atoms with Gasteiger partial charge in [-0.3, -0.25) is 9.69 Å². The second-order valence-corrected chi connectivity index (χ2v) is 7.06. The number of piperidine rings is 1. The van der Waals surface area contributed by atoms with Crippen molar-refractivity contribution < 1.29 is 4.79 Å².